The van der Waals surface area contributed by atoms with Gasteiger partial charge in [0.15, 0.2) is 0 Å². The zero-order valence-electron chi connectivity index (χ0n) is 5.15. The van der Waals surface area contributed by atoms with E-state index in [1.807, 2.05) is 24.3 Å². The van der Waals surface area contributed by atoms with Gasteiger partial charge in [-0.05, 0) is 22.6 Å². The molecule has 0 unspecified atom stereocenters. The summed E-state index contributed by atoms with van der Waals surface area (Å²) in [6.07, 6.45) is 0. The Balaban J connectivity index is 2.47. The van der Waals surface area contributed by atoms with Crippen LogP contribution in [0.3, 0.4) is 0 Å². The van der Waals surface area contributed by atoms with Gasteiger partial charge < -0.3 is 0 Å². The Morgan fingerprint density at radius 2 is 2.10 bits per heavy atom. The minimum atomic E-state index is 0.831. The summed E-state index contributed by atoms with van der Waals surface area (Å²) in [5.74, 6) is 0. The molecule has 0 saturated carbocycles. The molecular weight excluding hydrogens is 128 g/mol. The molecule has 0 aliphatic carbocycles. The molecule has 1 heterocycles. The van der Waals surface area contributed by atoms with Crippen molar-refractivity contribution in [1.82, 2.24) is 5.43 Å². The van der Waals surface area contributed by atoms with Crippen LogP contribution in [0.2, 0.25) is 0 Å². The van der Waals surface area contributed by atoms with Crippen LogP contribution >= 0.6 is 0 Å². The summed E-state index contributed by atoms with van der Waals surface area (Å²) in [7, 11) is 0. The average molecular weight is 133 g/mol. The maximum Gasteiger partial charge on any atom is 0.113 e. The minimum absolute atomic E-state index is 0.831. The summed E-state index contributed by atoms with van der Waals surface area (Å²) in [6.45, 7) is 0. The molecule has 1 aliphatic rings. The van der Waals surface area contributed by atoms with E-state index in [9.17, 15) is 0 Å². The third kappa shape index (κ3) is 0.699. The first kappa shape index (κ1) is 5.22. The fourth-order valence-corrected chi connectivity index (χ4v) is 0.802. The smallest absolute Gasteiger partial charge is 0.113 e. The molecule has 1 aromatic carbocycles. The van der Waals surface area contributed by atoms with Crippen LogP contribution in [-0.4, -0.2) is 0 Å². The lowest BCUT2D eigenvalue weighted by molar-refractivity contribution is 0.816. The highest BCUT2D eigenvalue weighted by Crippen LogP contribution is 2.23. The predicted molar refractivity (Wildman–Crippen MR) is 36.7 cm³/mol. The van der Waals surface area contributed by atoms with E-state index in [1.165, 1.54) is 0 Å². The van der Waals surface area contributed by atoms with E-state index in [2.05, 4.69) is 21.3 Å². The highest BCUT2D eigenvalue weighted by molar-refractivity contribution is 5.64. The van der Waals surface area contributed by atoms with Gasteiger partial charge in [-0.25, -0.2) is 0 Å². The van der Waals surface area contributed by atoms with Crippen LogP contribution < -0.4 is 10.9 Å². The van der Waals surface area contributed by atoms with Crippen molar-refractivity contribution in [3.05, 3.63) is 24.3 Å². The van der Waals surface area contributed by atoms with Gasteiger partial charge in [0.05, 0.1) is 5.69 Å². The Morgan fingerprint density at radius 1 is 1.20 bits per heavy atom. The molecule has 1 aliphatic heterocycles. The topological polar surface area (TPSA) is 50.9 Å². The van der Waals surface area contributed by atoms with Crippen molar-refractivity contribution in [3.8, 4) is 0 Å². The first-order chi connectivity index (χ1) is 4.97. The minimum Gasteiger partial charge on any atom is -0.256 e. The number of nitrogens with zero attached hydrogens (tertiary/aromatic N) is 3. The van der Waals surface area contributed by atoms with E-state index >= 15 is 0 Å². The number of rotatable bonds is 0. The van der Waals surface area contributed by atoms with Crippen LogP contribution in [-0.2, 0) is 0 Å². The molecule has 0 spiro atoms. The van der Waals surface area contributed by atoms with Crippen LogP contribution in [0.5, 0.6) is 0 Å². The van der Waals surface area contributed by atoms with Crippen molar-refractivity contribution < 1.29 is 0 Å². The number of hydrogen-bond donors (Lipinski definition) is 1. The molecule has 0 bridgehead atoms. The molecule has 0 amide bonds. The monoisotopic (exact) mass is 133 g/mol. The lowest BCUT2D eigenvalue weighted by atomic mass is 10.3. The lowest BCUT2D eigenvalue weighted by Gasteiger charge is -2.07. The number of benzene rings is 1. The normalized spacial score (nSPS) is 13.2. The Labute approximate surface area is 57.9 Å². The number of fused-ring (bicyclic) bond motifs is 1. The van der Waals surface area contributed by atoms with Crippen LogP contribution in [0.1, 0.15) is 0 Å². The molecule has 1 radical (unpaired) electrons. The van der Waals surface area contributed by atoms with Crippen molar-refractivity contribution in [1.29, 1.82) is 0 Å². The zero-order valence-corrected chi connectivity index (χ0v) is 5.15. The van der Waals surface area contributed by atoms with Gasteiger partial charge in [0, 0.05) is 0 Å². The zero-order chi connectivity index (χ0) is 6.81. The number of hydrogen-bond acceptors (Lipinski definition) is 3. The van der Waals surface area contributed by atoms with Gasteiger partial charge in [0.1, 0.15) is 5.69 Å². The molecule has 1 aromatic rings. The van der Waals surface area contributed by atoms with Gasteiger partial charge in [-0.2, -0.15) is 0 Å². The quantitative estimate of drug-likeness (QED) is 0.574. The highest BCUT2D eigenvalue weighted by atomic mass is 15.6. The van der Waals surface area contributed by atoms with Gasteiger partial charge in [-0.15, -0.1) is 5.43 Å². The number of nitrogens with one attached hydrogen (secondary N) is 1. The van der Waals surface area contributed by atoms with Gasteiger partial charge in [-0.3, -0.25) is 5.43 Å². The molecule has 0 aromatic heterocycles. The van der Waals surface area contributed by atoms with Crippen molar-refractivity contribution in [2.75, 3.05) is 5.43 Å². The maximum atomic E-state index is 3.79. The van der Waals surface area contributed by atoms with Crippen molar-refractivity contribution in [2.24, 2.45) is 10.4 Å². The fourth-order valence-electron chi connectivity index (χ4n) is 0.802. The standard InChI is InChI=1S/C6H5N4/c1-2-4-6-5(3-1)7-9-10-8-6/h1-4H,(H,7,10). The lowest BCUT2D eigenvalue weighted by Crippen LogP contribution is -1.99. The first-order valence-electron chi connectivity index (χ1n) is 2.92. The predicted octanol–water partition coefficient (Wildman–Crippen LogP) is 1.63. The second kappa shape index (κ2) is 1.98. The largest absolute Gasteiger partial charge is 0.256 e. The second-order valence-corrected chi connectivity index (χ2v) is 1.92. The Hall–Kier alpha value is -1.58. The SMILES string of the molecule is c1ccc2c(c1)[N]N=NN2. The molecule has 1 N–H and O–H groups in total. The number of anilines is 1. The van der Waals surface area contributed by atoms with Crippen molar-refractivity contribution >= 4 is 11.4 Å². The summed E-state index contributed by atoms with van der Waals surface area (Å²) < 4.78 is 0. The van der Waals surface area contributed by atoms with Crippen molar-refractivity contribution in [2.45, 2.75) is 0 Å². The first-order valence-corrected chi connectivity index (χ1v) is 2.92. The summed E-state index contributed by atoms with van der Waals surface area (Å²) in [5.41, 5.74) is 8.25. The van der Waals surface area contributed by atoms with E-state index in [1.54, 1.807) is 0 Å². The summed E-state index contributed by atoms with van der Waals surface area (Å²) in [5, 5.41) is 6.98. The molecular formula is C6H5N4. The van der Waals surface area contributed by atoms with E-state index in [0.29, 0.717) is 0 Å². The molecule has 0 atom stereocenters. The third-order valence-corrected chi connectivity index (χ3v) is 1.27. The van der Waals surface area contributed by atoms with Crippen LogP contribution in [0, 0.1) is 0 Å². The Kier molecular flexibility index (Phi) is 1.04. The molecule has 2 rings (SSSR count). The Bertz CT molecular complexity index is 241. The Morgan fingerprint density at radius 3 is 3.00 bits per heavy atom. The fraction of sp³-hybridized carbons (Fsp3) is 0. The molecule has 10 heavy (non-hydrogen) atoms. The van der Waals surface area contributed by atoms with E-state index in [0.717, 1.165) is 11.4 Å². The van der Waals surface area contributed by atoms with Crippen LogP contribution in [0.4, 0.5) is 11.4 Å². The van der Waals surface area contributed by atoms with Crippen LogP contribution in [0.15, 0.2) is 34.7 Å². The molecule has 49 valence electrons. The molecule has 0 saturated heterocycles. The number of para-hydroxylation sites is 1. The summed E-state index contributed by atoms with van der Waals surface area (Å²) >= 11 is 0. The van der Waals surface area contributed by atoms with Gasteiger partial charge in [-0.1, -0.05) is 12.1 Å². The van der Waals surface area contributed by atoms with E-state index in [4.69, 9.17) is 0 Å². The van der Waals surface area contributed by atoms with Crippen molar-refractivity contribution in [3.63, 3.8) is 0 Å². The van der Waals surface area contributed by atoms with Gasteiger partial charge >= 0.3 is 0 Å². The molecule has 0 fully saturated rings. The van der Waals surface area contributed by atoms with Gasteiger partial charge in [0.2, 0.25) is 0 Å². The highest BCUT2D eigenvalue weighted by Gasteiger charge is 2.03. The summed E-state index contributed by atoms with van der Waals surface area (Å²) in [6, 6.07) is 7.60. The summed E-state index contributed by atoms with van der Waals surface area (Å²) in [4.78, 5) is 0. The maximum absolute atomic E-state index is 3.79. The van der Waals surface area contributed by atoms with Crippen LogP contribution in [0.25, 0.3) is 0 Å². The molecule has 4 nitrogen and oxygen atoms in total. The second-order valence-electron chi connectivity index (χ2n) is 1.92. The third-order valence-electron chi connectivity index (χ3n) is 1.27. The van der Waals surface area contributed by atoms with E-state index in [-0.39, 0.29) is 0 Å². The average Bonchev–Trinajstić information content (AvgIpc) is 2.05. The van der Waals surface area contributed by atoms with Gasteiger partial charge in [0.25, 0.3) is 0 Å². The molecule has 4 heteroatoms. The van der Waals surface area contributed by atoms with E-state index < -0.39 is 0 Å².